The van der Waals surface area contributed by atoms with E-state index in [9.17, 15) is 9.90 Å². The van der Waals surface area contributed by atoms with Crippen LogP contribution in [0.1, 0.15) is 31.1 Å². The summed E-state index contributed by atoms with van der Waals surface area (Å²) in [4.78, 5) is 11.9. The molecule has 0 radical (unpaired) electrons. The van der Waals surface area contributed by atoms with Crippen LogP contribution in [-0.2, 0) is 4.74 Å². The number of hydrogen-bond acceptors (Lipinski definition) is 3. The molecule has 2 N–H and O–H groups in total. The molecule has 0 fully saturated rings. The predicted molar refractivity (Wildman–Crippen MR) is 73.8 cm³/mol. The first kappa shape index (κ1) is 15.0. The van der Waals surface area contributed by atoms with Gasteiger partial charge in [0.05, 0.1) is 11.2 Å². The molecular formula is C13H18BrNO3. The van der Waals surface area contributed by atoms with Crippen LogP contribution in [0.25, 0.3) is 0 Å². The van der Waals surface area contributed by atoms with Crippen molar-refractivity contribution in [2.24, 2.45) is 0 Å². The molecule has 0 aromatic heterocycles. The Morgan fingerprint density at radius 1 is 1.50 bits per heavy atom. The third kappa shape index (κ3) is 4.31. The summed E-state index contributed by atoms with van der Waals surface area (Å²) in [6.45, 7) is 6.68. The number of phenolic OH excluding ortho intramolecular Hbond substituents is 1. The van der Waals surface area contributed by atoms with E-state index in [4.69, 9.17) is 4.74 Å². The molecule has 0 aliphatic carbocycles. The van der Waals surface area contributed by atoms with Gasteiger partial charge in [0.1, 0.15) is 5.75 Å². The Morgan fingerprint density at radius 3 is 2.78 bits per heavy atom. The van der Waals surface area contributed by atoms with Crippen molar-refractivity contribution in [1.29, 1.82) is 0 Å². The summed E-state index contributed by atoms with van der Waals surface area (Å²) in [5.41, 5.74) is -0.178. The van der Waals surface area contributed by atoms with Crippen LogP contribution < -0.4 is 5.32 Å². The smallest absolute Gasteiger partial charge is 0.255 e. The van der Waals surface area contributed by atoms with E-state index < -0.39 is 5.60 Å². The molecule has 0 saturated heterocycles. The third-order valence-electron chi connectivity index (χ3n) is 2.41. The molecular weight excluding hydrogens is 298 g/mol. The fourth-order valence-corrected chi connectivity index (χ4v) is 1.88. The lowest BCUT2D eigenvalue weighted by Crippen LogP contribution is -2.40. The zero-order chi connectivity index (χ0) is 13.8. The first-order chi connectivity index (χ1) is 8.35. The van der Waals surface area contributed by atoms with Crippen molar-refractivity contribution >= 4 is 21.8 Å². The van der Waals surface area contributed by atoms with Crippen molar-refractivity contribution in [3.8, 4) is 5.75 Å². The van der Waals surface area contributed by atoms with Crippen molar-refractivity contribution in [2.75, 3.05) is 13.2 Å². The molecule has 5 heteroatoms. The minimum atomic E-state index is -0.425. The van der Waals surface area contributed by atoms with Gasteiger partial charge in [-0.3, -0.25) is 4.79 Å². The van der Waals surface area contributed by atoms with Gasteiger partial charge in [0, 0.05) is 17.6 Å². The zero-order valence-electron chi connectivity index (χ0n) is 10.8. The van der Waals surface area contributed by atoms with Gasteiger partial charge < -0.3 is 15.2 Å². The van der Waals surface area contributed by atoms with Gasteiger partial charge in [-0.2, -0.15) is 0 Å². The molecule has 0 bridgehead atoms. The van der Waals surface area contributed by atoms with Crippen molar-refractivity contribution in [3.05, 3.63) is 28.2 Å². The highest BCUT2D eigenvalue weighted by molar-refractivity contribution is 9.10. The number of phenols is 1. The van der Waals surface area contributed by atoms with Crippen LogP contribution in [0.5, 0.6) is 5.75 Å². The van der Waals surface area contributed by atoms with Crippen LogP contribution in [0.3, 0.4) is 0 Å². The maximum absolute atomic E-state index is 11.9. The first-order valence-electron chi connectivity index (χ1n) is 5.76. The Morgan fingerprint density at radius 2 is 2.17 bits per heavy atom. The number of amides is 1. The molecule has 1 rings (SSSR count). The van der Waals surface area contributed by atoms with Crippen molar-refractivity contribution in [1.82, 2.24) is 5.32 Å². The lowest BCUT2D eigenvalue weighted by Gasteiger charge is -2.24. The van der Waals surface area contributed by atoms with Crippen LogP contribution in [0.4, 0.5) is 0 Å². The van der Waals surface area contributed by atoms with Crippen LogP contribution >= 0.6 is 15.9 Å². The van der Waals surface area contributed by atoms with Crippen LogP contribution in [0, 0.1) is 0 Å². The van der Waals surface area contributed by atoms with Gasteiger partial charge in [0.2, 0.25) is 0 Å². The van der Waals surface area contributed by atoms with E-state index in [0.29, 0.717) is 13.2 Å². The van der Waals surface area contributed by atoms with Crippen LogP contribution in [0.15, 0.2) is 22.7 Å². The maximum atomic E-state index is 11.9. The molecule has 0 unspecified atom stereocenters. The normalized spacial score (nSPS) is 11.3. The number of aromatic hydroxyl groups is 1. The van der Waals surface area contributed by atoms with Crippen molar-refractivity contribution in [2.45, 2.75) is 26.4 Å². The van der Waals surface area contributed by atoms with E-state index in [1.807, 2.05) is 20.8 Å². The Kier molecular flexibility index (Phi) is 5.16. The average molecular weight is 316 g/mol. The molecule has 0 spiro atoms. The molecule has 0 heterocycles. The monoisotopic (exact) mass is 315 g/mol. The number of rotatable bonds is 5. The minimum Gasteiger partial charge on any atom is -0.507 e. The summed E-state index contributed by atoms with van der Waals surface area (Å²) in [5, 5.41) is 12.4. The zero-order valence-corrected chi connectivity index (χ0v) is 12.4. The van der Waals surface area contributed by atoms with Gasteiger partial charge in [0.15, 0.2) is 0 Å². The van der Waals surface area contributed by atoms with Crippen LogP contribution in [-0.4, -0.2) is 29.8 Å². The number of benzene rings is 1. The average Bonchev–Trinajstić information content (AvgIpc) is 2.29. The van der Waals surface area contributed by atoms with Gasteiger partial charge in [-0.05, 0) is 39.0 Å². The van der Waals surface area contributed by atoms with Crippen molar-refractivity contribution in [3.63, 3.8) is 0 Å². The molecule has 0 atom stereocenters. The van der Waals surface area contributed by atoms with Crippen LogP contribution in [0.2, 0.25) is 0 Å². The summed E-state index contributed by atoms with van der Waals surface area (Å²) >= 11 is 3.26. The molecule has 1 aromatic rings. The summed E-state index contributed by atoms with van der Waals surface area (Å²) < 4.78 is 6.23. The van der Waals surface area contributed by atoms with E-state index in [-0.39, 0.29) is 17.2 Å². The van der Waals surface area contributed by atoms with E-state index in [0.717, 1.165) is 4.47 Å². The summed E-state index contributed by atoms with van der Waals surface area (Å²) in [6, 6.07) is 4.74. The second-order valence-electron chi connectivity index (χ2n) is 4.54. The first-order valence-corrected chi connectivity index (χ1v) is 6.55. The second-order valence-corrected chi connectivity index (χ2v) is 5.45. The van der Waals surface area contributed by atoms with E-state index >= 15 is 0 Å². The quantitative estimate of drug-likeness (QED) is 0.878. The number of ether oxygens (including phenoxy) is 1. The second kappa shape index (κ2) is 6.20. The highest BCUT2D eigenvalue weighted by Crippen LogP contribution is 2.21. The van der Waals surface area contributed by atoms with Gasteiger partial charge in [0.25, 0.3) is 5.91 Å². The Bertz CT molecular complexity index is 432. The van der Waals surface area contributed by atoms with E-state index in [2.05, 4.69) is 21.2 Å². The number of carbonyl (C=O) groups excluding carboxylic acids is 1. The van der Waals surface area contributed by atoms with Gasteiger partial charge >= 0.3 is 0 Å². The Balaban J connectivity index is 2.69. The Labute approximate surface area is 115 Å². The highest BCUT2D eigenvalue weighted by atomic mass is 79.9. The topological polar surface area (TPSA) is 58.6 Å². The van der Waals surface area contributed by atoms with Gasteiger partial charge in [-0.15, -0.1) is 0 Å². The largest absolute Gasteiger partial charge is 0.507 e. The summed E-state index contributed by atoms with van der Waals surface area (Å²) in [6.07, 6.45) is 0. The predicted octanol–water partition coefficient (Wildman–Crippen LogP) is 2.70. The molecule has 4 nitrogen and oxygen atoms in total. The number of carbonyl (C=O) groups is 1. The maximum Gasteiger partial charge on any atom is 0.255 e. The summed E-state index contributed by atoms with van der Waals surface area (Å²) in [7, 11) is 0. The fraction of sp³-hybridized carbons (Fsp3) is 0.462. The number of hydrogen-bond donors (Lipinski definition) is 2. The van der Waals surface area contributed by atoms with E-state index in [1.54, 1.807) is 12.1 Å². The molecule has 1 aromatic carbocycles. The third-order valence-corrected chi connectivity index (χ3v) is 2.91. The molecule has 100 valence electrons. The number of nitrogens with one attached hydrogen (secondary N) is 1. The SMILES string of the molecule is CCOC(C)(C)CNC(=O)c1cc(Br)ccc1O. The molecule has 0 aliphatic heterocycles. The van der Waals surface area contributed by atoms with Gasteiger partial charge in [-0.25, -0.2) is 0 Å². The lowest BCUT2D eigenvalue weighted by atomic mass is 10.1. The molecule has 18 heavy (non-hydrogen) atoms. The molecule has 0 saturated carbocycles. The Hall–Kier alpha value is -1.07. The van der Waals surface area contributed by atoms with Crippen molar-refractivity contribution < 1.29 is 14.6 Å². The number of halogens is 1. The highest BCUT2D eigenvalue weighted by Gasteiger charge is 2.20. The fourth-order valence-electron chi connectivity index (χ4n) is 1.52. The lowest BCUT2D eigenvalue weighted by molar-refractivity contribution is -0.00817. The molecule has 1 amide bonds. The molecule has 0 aliphatic rings. The minimum absolute atomic E-state index is 0.0371. The standard InChI is InChI=1S/C13H18BrNO3/c1-4-18-13(2,3)8-15-12(17)10-7-9(14)5-6-11(10)16/h5-7,16H,4,8H2,1-3H3,(H,15,17). The van der Waals surface area contributed by atoms with Gasteiger partial charge in [-0.1, -0.05) is 15.9 Å². The summed E-state index contributed by atoms with van der Waals surface area (Å²) in [5.74, 6) is -0.355. The van der Waals surface area contributed by atoms with E-state index in [1.165, 1.54) is 6.07 Å².